The van der Waals surface area contributed by atoms with E-state index in [0.29, 0.717) is 17.0 Å². The number of hydrogen-bond donors (Lipinski definition) is 2. The zero-order valence-electron chi connectivity index (χ0n) is 12.2. The molecule has 0 unspecified atom stereocenters. The number of rotatable bonds is 5. The summed E-state index contributed by atoms with van der Waals surface area (Å²) in [6.45, 7) is 0. The molecule has 2 heterocycles. The van der Waals surface area contributed by atoms with E-state index >= 15 is 0 Å². The summed E-state index contributed by atoms with van der Waals surface area (Å²) in [6, 6.07) is 10.9. The van der Waals surface area contributed by atoms with E-state index in [9.17, 15) is 14.9 Å². The summed E-state index contributed by atoms with van der Waals surface area (Å²) in [7, 11) is 0. The molecular weight excluding hydrogens is 314 g/mol. The highest BCUT2D eigenvalue weighted by molar-refractivity contribution is 5.94. The van der Waals surface area contributed by atoms with Crippen molar-refractivity contribution < 1.29 is 14.1 Å². The molecule has 120 valence electrons. The first-order valence-corrected chi connectivity index (χ1v) is 6.80. The van der Waals surface area contributed by atoms with Crippen LogP contribution in [0.3, 0.4) is 0 Å². The molecule has 3 rings (SSSR count). The monoisotopic (exact) mass is 325 g/mol. The predicted molar refractivity (Wildman–Crippen MR) is 84.4 cm³/mol. The van der Waals surface area contributed by atoms with Crippen LogP contribution in [0.25, 0.3) is 11.5 Å². The van der Waals surface area contributed by atoms with E-state index in [-0.39, 0.29) is 11.4 Å². The highest BCUT2D eigenvalue weighted by Gasteiger charge is 2.12. The molecular formula is C15H11N5O4. The highest BCUT2D eigenvalue weighted by atomic mass is 16.6. The molecule has 1 amide bonds. The molecule has 0 aliphatic carbocycles. The number of benzene rings is 1. The molecule has 0 radical (unpaired) electrons. The van der Waals surface area contributed by atoms with Crippen LogP contribution in [0.5, 0.6) is 0 Å². The Bertz CT molecular complexity index is 898. The van der Waals surface area contributed by atoms with Crippen LogP contribution in [0.1, 0.15) is 16.1 Å². The molecule has 0 saturated heterocycles. The van der Waals surface area contributed by atoms with Crippen molar-refractivity contribution in [3.8, 4) is 11.5 Å². The first kappa shape index (κ1) is 15.2. The smallest absolute Gasteiger partial charge is 0.291 e. The average Bonchev–Trinajstić information content (AvgIpc) is 3.26. The van der Waals surface area contributed by atoms with E-state index in [1.807, 2.05) is 0 Å². The quantitative estimate of drug-likeness (QED) is 0.423. The lowest BCUT2D eigenvalue weighted by atomic mass is 10.2. The van der Waals surface area contributed by atoms with Crippen molar-refractivity contribution in [3.05, 3.63) is 70.1 Å². The molecule has 1 aromatic carbocycles. The third-order valence-electron chi connectivity index (χ3n) is 3.06. The van der Waals surface area contributed by atoms with Gasteiger partial charge < -0.3 is 4.42 Å². The molecule has 0 bridgehead atoms. The lowest BCUT2D eigenvalue weighted by molar-refractivity contribution is -0.384. The lowest BCUT2D eigenvalue weighted by Gasteiger charge is -1.96. The van der Waals surface area contributed by atoms with Crippen LogP contribution >= 0.6 is 0 Å². The topological polar surface area (TPSA) is 126 Å². The van der Waals surface area contributed by atoms with Crippen LogP contribution in [-0.4, -0.2) is 27.2 Å². The van der Waals surface area contributed by atoms with Crippen molar-refractivity contribution in [2.45, 2.75) is 0 Å². The second-order valence-corrected chi connectivity index (χ2v) is 4.70. The van der Waals surface area contributed by atoms with Gasteiger partial charge in [0, 0.05) is 23.8 Å². The zero-order valence-corrected chi connectivity index (χ0v) is 12.2. The van der Waals surface area contributed by atoms with Crippen molar-refractivity contribution in [1.29, 1.82) is 0 Å². The van der Waals surface area contributed by atoms with E-state index in [2.05, 4.69) is 20.7 Å². The number of aromatic amines is 1. The highest BCUT2D eigenvalue weighted by Crippen LogP contribution is 2.17. The first-order chi connectivity index (χ1) is 11.6. The fraction of sp³-hybridized carbons (Fsp3) is 0. The van der Waals surface area contributed by atoms with Gasteiger partial charge in [0.25, 0.3) is 11.6 Å². The Morgan fingerprint density at radius 3 is 2.96 bits per heavy atom. The van der Waals surface area contributed by atoms with Crippen LogP contribution in [-0.2, 0) is 0 Å². The molecule has 0 atom stereocenters. The van der Waals surface area contributed by atoms with Crippen molar-refractivity contribution in [1.82, 2.24) is 15.6 Å². The fourth-order valence-corrected chi connectivity index (χ4v) is 1.94. The molecule has 0 aliphatic heterocycles. The number of nitro groups is 1. The molecule has 0 fully saturated rings. The van der Waals surface area contributed by atoms with Gasteiger partial charge in [0.2, 0.25) is 0 Å². The number of H-pyrrole nitrogens is 1. The van der Waals surface area contributed by atoms with Gasteiger partial charge in [-0.2, -0.15) is 10.2 Å². The number of carbonyl (C=O) groups is 1. The number of nitrogens with one attached hydrogen (secondary N) is 2. The molecule has 0 spiro atoms. The number of carbonyl (C=O) groups excluding carboxylic acids is 1. The van der Waals surface area contributed by atoms with Gasteiger partial charge in [-0.15, -0.1) is 0 Å². The number of furan rings is 1. The molecule has 0 saturated carbocycles. The summed E-state index contributed by atoms with van der Waals surface area (Å²) in [5.74, 6) is 0.0346. The SMILES string of the molecule is O=C(N/N=C/c1cccc([N+](=O)[O-])c1)c1cc(-c2ccco2)[nH]n1. The van der Waals surface area contributed by atoms with Gasteiger partial charge in [-0.1, -0.05) is 12.1 Å². The third-order valence-corrected chi connectivity index (χ3v) is 3.06. The Labute approximate surface area is 135 Å². The van der Waals surface area contributed by atoms with Gasteiger partial charge in [0.15, 0.2) is 11.5 Å². The fourth-order valence-electron chi connectivity index (χ4n) is 1.94. The minimum Gasteiger partial charge on any atom is -0.463 e. The molecule has 0 aliphatic rings. The number of aromatic nitrogens is 2. The minimum atomic E-state index is -0.522. The van der Waals surface area contributed by atoms with Crippen LogP contribution in [0.2, 0.25) is 0 Å². The van der Waals surface area contributed by atoms with E-state index in [0.717, 1.165) is 0 Å². The number of hydrogen-bond acceptors (Lipinski definition) is 6. The molecule has 2 aromatic heterocycles. The zero-order chi connectivity index (χ0) is 16.9. The molecule has 9 nitrogen and oxygen atoms in total. The van der Waals surface area contributed by atoms with Gasteiger partial charge in [-0.25, -0.2) is 5.43 Å². The summed E-state index contributed by atoms with van der Waals surface area (Å²) in [5, 5.41) is 21.0. The Balaban J connectivity index is 1.65. The lowest BCUT2D eigenvalue weighted by Crippen LogP contribution is -2.18. The van der Waals surface area contributed by atoms with Crippen molar-refractivity contribution >= 4 is 17.8 Å². The van der Waals surface area contributed by atoms with Crippen LogP contribution < -0.4 is 5.43 Å². The van der Waals surface area contributed by atoms with Crippen LogP contribution in [0, 0.1) is 10.1 Å². The van der Waals surface area contributed by atoms with Crippen molar-refractivity contribution in [2.24, 2.45) is 5.10 Å². The predicted octanol–water partition coefficient (Wildman–Crippen LogP) is 2.34. The molecule has 2 N–H and O–H groups in total. The largest absolute Gasteiger partial charge is 0.463 e. The Hall–Kier alpha value is -3.75. The van der Waals surface area contributed by atoms with E-state index in [1.54, 1.807) is 18.2 Å². The normalized spacial score (nSPS) is 10.8. The average molecular weight is 325 g/mol. The number of non-ortho nitro benzene ring substituents is 1. The van der Waals surface area contributed by atoms with Crippen molar-refractivity contribution in [3.63, 3.8) is 0 Å². The third kappa shape index (κ3) is 3.35. The Morgan fingerprint density at radius 2 is 2.21 bits per heavy atom. The summed E-state index contributed by atoms with van der Waals surface area (Å²) in [6.07, 6.45) is 2.82. The van der Waals surface area contributed by atoms with Gasteiger partial charge in [-0.3, -0.25) is 20.0 Å². The summed E-state index contributed by atoms with van der Waals surface area (Å²) in [5.41, 5.74) is 3.44. The molecule has 9 heteroatoms. The van der Waals surface area contributed by atoms with E-state index < -0.39 is 10.8 Å². The molecule has 3 aromatic rings. The number of amides is 1. The summed E-state index contributed by atoms with van der Waals surface area (Å²) >= 11 is 0. The summed E-state index contributed by atoms with van der Waals surface area (Å²) < 4.78 is 5.19. The Kier molecular flexibility index (Phi) is 4.15. The van der Waals surface area contributed by atoms with E-state index in [1.165, 1.54) is 36.7 Å². The van der Waals surface area contributed by atoms with Crippen LogP contribution in [0.15, 0.2) is 58.2 Å². The summed E-state index contributed by atoms with van der Waals surface area (Å²) in [4.78, 5) is 22.1. The Morgan fingerprint density at radius 1 is 1.33 bits per heavy atom. The van der Waals surface area contributed by atoms with Crippen molar-refractivity contribution in [2.75, 3.05) is 0 Å². The van der Waals surface area contributed by atoms with Gasteiger partial charge >= 0.3 is 0 Å². The van der Waals surface area contributed by atoms with E-state index in [4.69, 9.17) is 4.42 Å². The van der Waals surface area contributed by atoms with Gasteiger partial charge in [-0.05, 0) is 12.1 Å². The standard InChI is InChI=1S/C15H11N5O4/c21-15(13-8-12(17-18-13)14-5-2-6-24-14)19-16-9-10-3-1-4-11(7-10)20(22)23/h1-9H,(H,17,18)(H,19,21)/b16-9+. The maximum absolute atomic E-state index is 11.9. The minimum absolute atomic E-state index is 0.0549. The maximum atomic E-state index is 11.9. The second kappa shape index (κ2) is 6.57. The van der Waals surface area contributed by atoms with Gasteiger partial charge in [0.1, 0.15) is 5.69 Å². The number of hydrazone groups is 1. The number of nitrogens with zero attached hydrogens (tertiary/aromatic N) is 3. The maximum Gasteiger partial charge on any atom is 0.291 e. The van der Waals surface area contributed by atoms with Crippen LogP contribution in [0.4, 0.5) is 5.69 Å². The second-order valence-electron chi connectivity index (χ2n) is 4.70. The van der Waals surface area contributed by atoms with Gasteiger partial charge in [0.05, 0.1) is 17.4 Å². The molecule has 24 heavy (non-hydrogen) atoms. The number of nitro benzene ring substituents is 1. The first-order valence-electron chi connectivity index (χ1n) is 6.80.